The number of piperidine rings is 1. The summed E-state index contributed by atoms with van der Waals surface area (Å²) in [6, 6.07) is 6.18. The molecule has 2 heterocycles. The third kappa shape index (κ3) is 6.77. The number of sulfonamides is 1. The van der Waals surface area contributed by atoms with E-state index < -0.39 is 10.0 Å². The highest BCUT2D eigenvalue weighted by Gasteiger charge is 2.22. The quantitative estimate of drug-likeness (QED) is 0.579. The highest BCUT2D eigenvalue weighted by atomic mass is 32.2. The summed E-state index contributed by atoms with van der Waals surface area (Å²) in [4.78, 5) is 15.1. The van der Waals surface area contributed by atoms with Crippen LogP contribution in [0, 0.1) is 11.8 Å². The highest BCUT2D eigenvalue weighted by molar-refractivity contribution is 7.89. The van der Waals surface area contributed by atoms with Gasteiger partial charge in [0.25, 0.3) is 5.91 Å². The summed E-state index contributed by atoms with van der Waals surface area (Å²) in [5.74, 6) is 1.20. The van der Waals surface area contributed by atoms with Crippen LogP contribution in [0.2, 0.25) is 0 Å². The van der Waals surface area contributed by atoms with Gasteiger partial charge in [-0.15, -0.1) is 0 Å². The van der Waals surface area contributed by atoms with Gasteiger partial charge in [-0.1, -0.05) is 19.9 Å². The average molecular weight is 438 g/mol. The van der Waals surface area contributed by atoms with Crippen LogP contribution in [0.4, 0.5) is 0 Å². The van der Waals surface area contributed by atoms with Crippen LogP contribution in [0.25, 0.3) is 0 Å². The third-order valence-corrected chi connectivity index (χ3v) is 7.23. The molecule has 0 aromatic heterocycles. The van der Waals surface area contributed by atoms with Gasteiger partial charge >= 0.3 is 0 Å². The number of carbonyl (C=O) groups excluding carboxylic acids is 1. The lowest BCUT2D eigenvalue weighted by Gasteiger charge is -2.34. The van der Waals surface area contributed by atoms with Gasteiger partial charge in [0, 0.05) is 38.3 Å². The zero-order chi connectivity index (χ0) is 21.6. The van der Waals surface area contributed by atoms with Gasteiger partial charge in [0.15, 0.2) is 0 Å². The largest absolute Gasteiger partial charge is 0.377 e. The Morgan fingerprint density at radius 3 is 2.70 bits per heavy atom. The van der Waals surface area contributed by atoms with Crippen LogP contribution < -0.4 is 10.0 Å². The van der Waals surface area contributed by atoms with E-state index in [1.54, 1.807) is 12.1 Å². The Balaban J connectivity index is 1.46. The maximum Gasteiger partial charge on any atom is 0.251 e. The standard InChI is InChI=1S/C22H35N3O4S/c1-17-12-18(2)16-25(15-17)10-5-9-23-22(26)19-6-3-8-21(13-19)30(27,28)24-14-20-7-4-11-29-20/h3,6,8,13,17-18,20,24H,4-5,7,9-12,14-16H2,1-2H3,(H,23,26). The summed E-state index contributed by atoms with van der Waals surface area (Å²) in [6.07, 6.45) is 3.91. The Morgan fingerprint density at radius 1 is 1.23 bits per heavy atom. The summed E-state index contributed by atoms with van der Waals surface area (Å²) in [5, 5.41) is 2.92. The van der Waals surface area contributed by atoms with Crippen LogP contribution >= 0.6 is 0 Å². The van der Waals surface area contributed by atoms with Crippen molar-refractivity contribution in [1.29, 1.82) is 0 Å². The van der Waals surface area contributed by atoms with Crippen molar-refractivity contribution in [2.24, 2.45) is 11.8 Å². The van der Waals surface area contributed by atoms with Crippen LogP contribution in [-0.4, -0.2) is 64.7 Å². The zero-order valence-electron chi connectivity index (χ0n) is 18.1. The molecule has 0 bridgehead atoms. The SMILES string of the molecule is CC1CC(C)CN(CCCNC(=O)c2cccc(S(=O)(=O)NCC3CCCO3)c2)C1. The molecule has 1 aromatic carbocycles. The van der Waals surface area contributed by atoms with Gasteiger partial charge in [-0.25, -0.2) is 13.1 Å². The summed E-state index contributed by atoms with van der Waals surface area (Å²) in [7, 11) is -3.67. The number of nitrogens with zero attached hydrogens (tertiary/aromatic N) is 1. The molecule has 30 heavy (non-hydrogen) atoms. The van der Waals surface area contributed by atoms with E-state index in [-0.39, 0.29) is 23.5 Å². The topological polar surface area (TPSA) is 87.7 Å². The Kier molecular flexibility index (Phi) is 8.27. The number of hydrogen-bond donors (Lipinski definition) is 2. The maximum absolute atomic E-state index is 12.5. The van der Waals surface area contributed by atoms with E-state index in [0.717, 1.165) is 50.7 Å². The Morgan fingerprint density at radius 2 is 2.00 bits per heavy atom. The minimum atomic E-state index is -3.67. The Hall–Kier alpha value is -1.48. The van der Waals surface area contributed by atoms with Crippen LogP contribution in [0.1, 0.15) is 49.9 Å². The van der Waals surface area contributed by atoms with E-state index in [9.17, 15) is 13.2 Å². The second kappa shape index (κ2) is 10.7. The van der Waals surface area contributed by atoms with Gasteiger partial charge in [0.2, 0.25) is 10.0 Å². The van der Waals surface area contributed by atoms with Gasteiger partial charge in [0.1, 0.15) is 0 Å². The van der Waals surface area contributed by atoms with Crippen molar-refractivity contribution >= 4 is 15.9 Å². The molecule has 2 N–H and O–H groups in total. The molecule has 3 unspecified atom stereocenters. The predicted octanol–water partition coefficient (Wildman–Crippen LogP) is 2.24. The predicted molar refractivity (Wildman–Crippen MR) is 117 cm³/mol. The Labute approximate surface area is 180 Å². The van der Waals surface area contributed by atoms with Crippen LogP contribution in [-0.2, 0) is 14.8 Å². The minimum Gasteiger partial charge on any atom is -0.377 e. The molecular formula is C22H35N3O4S. The fourth-order valence-electron chi connectivity index (χ4n) is 4.48. The molecule has 3 atom stereocenters. The molecule has 0 spiro atoms. The number of carbonyl (C=O) groups is 1. The average Bonchev–Trinajstić information content (AvgIpc) is 3.23. The number of nitrogens with one attached hydrogen (secondary N) is 2. The third-order valence-electron chi connectivity index (χ3n) is 5.81. The zero-order valence-corrected chi connectivity index (χ0v) is 18.9. The van der Waals surface area contributed by atoms with Crippen molar-refractivity contribution in [3.05, 3.63) is 29.8 Å². The fourth-order valence-corrected chi connectivity index (χ4v) is 5.59. The molecule has 0 radical (unpaired) electrons. The first-order chi connectivity index (χ1) is 14.3. The van der Waals surface area contributed by atoms with E-state index >= 15 is 0 Å². The van der Waals surface area contributed by atoms with E-state index in [1.165, 1.54) is 18.6 Å². The molecule has 1 aromatic rings. The normalized spacial score (nSPS) is 25.3. The lowest BCUT2D eigenvalue weighted by atomic mass is 9.92. The summed E-state index contributed by atoms with van der Waals surface area (Å²) < 4.78 is 33.1. The molecular weight excluding hydrogens is 402 g/mol. The first kappa shape index (κ1) is 23.2. The maximum atomic E-state index is 12.5. The minimum absolute atomic E-state index is 0.0721. The lowest BCUT2D eigenvalue weighted by Crippen LogP contribution is -2.40. The van der Waals surface area contributed by atoms with E-state index in [1.807, 2.05) is 0 Å². The number of hydrogen-bond acceptors (Lipinski definition) is 5. The highest BCUT2D eigenvalue weighted by Crippen LogP contribution is 2.20. The molecule has 8 heteroatoms. The molecule has 2 aliphatic rings. The molecule has 1 amide bonds. The molecule has 2 saturated heterocycles. The van der Waals surface area contributed by atoms with Crippen molar-refractivity contribution in [3.63, 3.8) is 0 Å². The van der Waals surface area contributed by atoms with Crippen molar-refractivity contribution in [2.75, 3.05) is 39.3 Å². The summed E-state index contributed by atoms with van der Waals surface area (Å²) in [6.45, 7) is 9.31. The van der Waals surface area contributed by atoms with Crippen LogP contribution in [0.15, 0.2) is 29.2 Å². The van der Waals surface area contributed by atoms with Crippen molar-refractivity contribution < 1.29 is 17.9 Å². The Bertz CT molecular complexity index is 798. The first-order valence-electron chi connectivity index (χ1n) is 11.1. The van der Waals surface area contributed by atoms with Gasteiger partial charge < -0.3 is 15.0 Å². The number of amides is 1. The number of likely N-dealkylation sites (tertiary alicyclic amines) is 1. The van der Waals surface area contributed by atoms with Crippen LogP contribution in [0.3, 0.4) is 0 Å². The van der Waals surface area contributed by atoms with Crippen molar-refractivity contribution in [3.8, 4) is 0 Å². The van der Waals surface area contributed by atoms with Gasteiger partial charge in [0.05, 0.1) is 11.0 Å². The molecule has 3 rings (SSSR count). The first-order valence-corrected chi connectivity index (χ1v) is 12.5. The smallest absolute Gasteiger partial charge is 0.251 e. The molecule has 2 fully saturated rings. The van der Waals surface area contributed by atoms with E-state index in [2.05, 4.69) is 28.8 Å². The molecule has 168 valence electrons. The van der Waals surface area contributed by atoms with E-state index in [4.69, 9.17) is 4.74 Å². The summed E-state index contributed by atoms with van der Waals surface area (Å²) in [5.41, 5.74) is 0.357. The van der Waals surface area contributed by atoms with Gasteiger partial charge in [-0.2, -0.15) is 0 Å². The number of benzene rings is 1. The fraction of sp³-hybridized carbons (Fsp3) is 0.682. The van der Waals surface area contributed by atoms with Gasteiger partial charge in [-0.05, 0) is 62.3 Å². The monoisotopic (exact) mass is 437 g/mol. The van der Waals surface area contributed by atoms with E-state index in [0.29, 0.717) is 18.7 Å². The van der Waals surface area contributed by atoms with Crippen LogP contribution in [0.5, 0.6) is 0 Å². The lowest BCUT2D eigenvalue weighted by molar-refractivity contribution is 0.0947. The molecule has 2 aliphatic heterocycles. The second-order valence-electron chi connectivity index (χ2n) is 8.83. The van der Waals surface area contributed by atoms with Crippen molar-refractivity contribution in [2.45, 2.75) is 50.5 Å². The number of rotatable bonds is 9. The molecule has 0 aliphatic carbocycles. The van der Waals surface area contributed by atoms with Gasteiger partial charge in [-0.3, -0.25) is 4.79 Å². The van der Waals surface area contributed by atoms with Crippen molar-refractivity contribution in [1.82, 2.24) is 14.9 Å². The molecule has 0 saturated carbocycles. The summed E-state index contributed by atoms with van der Waals surface area (Å²) >= 11 is 0. The molecule has 7 nitrogen and oxygen atoms in total. The second-order valence-corrected chi connectivity index (χ2v) is 10.6. The number of ether oxygens (including phenoxy) is 1.